The number of nitrogens with two attached hydrogens (primary N) is 2. The first-order valence-corrected chi connectivity index (χ1v) is 7.64. The molecular formula is C16H16Cl2F2N2O2. The molecule has 4 N–H and O–H groups in total. The van der Waals surface area contributed by atoms with Gasteiger partial charge in [-0.05, 0) is 24.3 Å². The van der Waals surface area contributed by atoms with E-state index in [4.69, 9.17) is 44.1 Å². The molecule has 0 radical (unpaired) electrons. The van der Waals surface area contributed by atoms with Gasteiger partial charge in [0.2, 0.25) is 0 Å². The van der Waals surface area contributed by atoms with E-state index in [1.165, 1.54) is 38.5 Å². The molecule has 0 fully saturated rings. The molecule has 0 unspecified atom stereocenters. The molecule has 0 bridgehead atoms. The van der Waals surface area contributed by atoms with Crippen molar-refractivity contribution in [2.24, 2.45) is 11.5 Å². The van der Waals surface area contributed by atoms with Gasteiger partial charge in [0.1, 0.15) is 0 Å². The van der Waals surface area contributed by atoms with Crippen LogP contribution in [0.4, 0.5) is 8.78 Å². The Labute approximate surface area is 148 Å². The summed E-state index contributed by atoms with van der Waals surface area (Å²) in [7, 11) is 2.61. The predicted molar refractivity (Wildman–Crippen MR) is 89.8 cm³/mol. The van der Waals surface area contributed by atoms with E-state index in [0.717, 1.165) is 0 Å². The lowest BCUT2D eigenvalue weighted by molar-refractivity contribution is 0.375. The van der Waals surface area contributed by atoms with Gasteiger partial charge in [-0.3, -0.25) is 0 Å². The number of rotatable bonds is 5. The third kappa shape index (κ3) is 3.28. The Morgan fingerprint density at radius 3 is 1.42 bits per heavy atom. The van der Waals surface area contributed by atoms with Crippen LogP contribution < -0.4 is 20.9 Å². The standard InChI is InChI=1S/C16H16Cl2F2N2O2/c1-23-9-5-3-7(17)11(13(9)19)15(21)16(22)12-8(18)4-6-10(24-2)14(12)20/h3-6,15-16H,21-22H2,1-2H3/t15-,16+. The smallest absolute Gasteiger partial charge is 0.171 e. The fraction of sp³-hybridized carbons (Fsp3) is 0.250. The SMILES string of the molecule is COc1ccc(Cl)c([C@@H](N)[C@@H](N)c2c(Cl)ccc(OC)c2F)c1F. The van der Waals surface area contributed by atoms with Crippen LogP contribution in [0.3, 0.4) is 0 Å². The molecule has 130 valence electrons. The highest BCUT2D eigenvalue weighted by atomic mass is 35.5. The molecular weight excluding hydrogens is 361 g/mol. The van der Waals surface area contributed by atoms with Crippen LogP contribution in [0.25, 0.3) is 0 Å². The van der Waals surface area contributed by atoms with Crippen molar-refractivity contribution in [1.82, 2.24) is 0 Å². The molecule has 2 aromatic carbocycles. The van der Waals surface area contributed by atoms with Crippen LogP contribution in [0, 0.1) is 11.6 Å². The van der Waals surface area contributed by atoms with Crippen LogP contribution in [0.1, 0.15) is 23.2 Å². The zero-order valence-corrected chi connectivity index (χ0v) is 14.5. The largest absolute Gasteiger partial charge is 0.494 e. The lowest BCUT2D eigenvalue weighted by Gasteiger charge is -2.24. The molecule has 0 amide bonds. The number of methoxy groups -OCH3 is 2. The second kappa shape index (κ2) is 7.53. The number of benzene rings is 2. The second-order valence-corrected chi connectivity index (χ2v) is 5.82. The summed E-state index contributed by atoms with van der Waals surface area (Å²) < 4.78 is 38.8. The minimum atomic E-state index is -1.16. The predicted octanol–water partition coefficient (Wildman–Crippen LogP) is 3.99. The molecule has 2 atom stereocenters. The molecule has 8 heteroatoms. The first-order valence-electron chi connectivity index (χ1n) is 6.88. The summed E-state index contributed by atoms with van der Waals surface area (Å²) in [5, 5.41) is 0.103. The van der Waals surface area contributed by atoms with Gasteiger partial charge in [-0.25, -0.2) is 8.78 Å². The first kappa shape index (κ1) is 18.7. The van der Waals surface area contributed by atoms with E-state index in [1.807, 2.05) is 0 Å². The van der Waals surface area contributed by atoms with E-state index in [-0.39, 0.29) is 32.7 Å². The van der Waals surface area contributed by atoms with Gasteiger partial charge >= 0.3 is 0 Å². The molecule has 0 spiro atoms. The van der Waals surface area contributed by atoms with Crippen LogP contribution >= 0.6 is 23.2 Å². The van der Waals surface area contributed by atoms with E-state index in [0.29, 0.717) is 0 Å². The molecule has 2 rings (SSSR count). The molecule has 2 aromatic rings. The summed E-state index contributed by atoms with van der Waals surface area (Å²) in [5.74, 6) is -1.61. The van der Waals surface area contributed by atoms with Gasteiger partial charge in [-0.1, -0.05) is 23.2 Å². The Hall–Kier alpha value is -1.60. The summed E-state index contributed by atoms with van der Waals surface area (Å²) in [6.07, 6.45) is 0. The molecule has 0 heterocycles. The van der Waals surface area contributed by atoms with Crippen molar-refractivity contribution in [2.45, 2.75) is 12.1 Å². The molecule has 0 aromatic heterocycles. The molecule has 0 saturated heterocycles. The third-order valence-electron chi connectivity index (χ3n) is 3.68. The van der Waals surface area contributed by atoms with Crippen LogP contribution in [-0.4, -0.2) is 14.2 Å². The number of ether oxygens (including phenoxy) is 2. The quantitative estimate of drug-likeness (QED) is 0.827. The van der Waals surface area contributed by atoms with Crippen LogP contribution in [-0.2, 0) is 0 Å². The lowest BCUT2D eigenvalue weighted by atomic mass is 9.93. The van der Waals surface area contributed by atoms with Crippen LogP contribution in [0.2, 0.25) is 10.0 Å². The van der Waals surface area contributed by atoms with Crippen molar-refractivity contribution >= 4 is 23.2 Å². The number of hydrogen-bond donors (Lipinski definition) is 2. The average molecular weight is 377 g/mol. The van der Waals surface area contributed by atoms with Crippen molar-refractivity contribution in [3.8, 4) is 11.5 Å². The van der Waals surface area contributed by atoms with Crippen LogP contribution in [0.5, 0.6) is 11.5 Å². The molecule has 4 nitrogen and oxygen atoms in total. The van der Waals surface area contributed by atoms with E-state index in [2.05, 4.69) is 0 Å². The van der Waals surface area contributed by atoms with Gasteiger partial charge in [0.05, 0.1) is 26.3 Å². The molecule has 24 heavy (non-hydrogen) atoms. The summed E-state index contributed by atoms with van der Waals surface area (Å²) in [6, 6.07) is 3.25. The normalized spacial score (nSPS) is 13.5. The Morgan fingerprint density at radius 1 is 0.792 bits per heavy atom. The van der Waals surface area contributed by atoms with Crippen molar-refractivity contribution in [2.75, 3.05) is 14.2 Å². The minimum absolute atomic E-state index is 0.0470. The molecule has 0 saturated carbocycles. The topological polar surface area (TPSA) is 70.5 Å². The zero-order valence-electron chi connectivity index (χ0n) is 12.9. The van der Waals surface area contributed by atoms with Crippen LogP contribution in [0.15, 0.2) is 24.3 Å². The Morgan fingerprint density at radius 2 is 1.12 bits per heavy atom. The maximum Gasteiger partial charge on any atom is 0.171 e. The Bertz CT molecular complexity index is 696. The first-order chi connectivity index (χ1) is 11.3. The lowest BCUT2D eigenvalue weighted by Crippen LogP contribution is -2.29. The summed E-state index contributed by atoms with van der Waals surface area (Å²) in [4.78, 5) is 0. The minimum Gasteiger partial charge on any atom is -0.494 e. The van der Waals surface area contributed by atoms with Crippen molar-refractivity contribution in [3.05, 3.63) is 57.1 Å². The zero-order chi connectivity index (χ0) is 18.0. The van der Waals surface area contributed by atoms with Crippen molar-refractivity contribution < 1.29 is 18.3 Å². The van der Waals surface area contributed by atoms with E-state index >= 15 is 0 Å². The number of halogens is 4. The maximum atomic E-state index is 14.5. The third-order valence-corrected chi connectivity index (χ3v) is 4.33. The van der Waals surface area contributed by atoms with Gasteiger partial charge in [-0.15, -0.1) is 0 Å². The second-order valence-electron chi connectivity index (χ2n) is 5.01. The Balaban J connectivity index is 2.54. The number of hydrogen-bond acceptors (Lipinski definition) is 4. The Kier molecular flexibility index (Phi) is 5.87. The van der Waals surface area contributed by atoms with Gasteiger partial charge in [0.15, 0.2) is 23.1 Å². The highest BCUT2D eigenvalue weighted by Crippen LogP contribution is 2.39. The summed E-state index contributed by atoms with van der Waals surface area (Å²) in [6.45, 7) is 0. The highest BCUT2D eigenvalue weighted by molar-refractivity contribution is 6.32. The molecule has 0 aliphatic heterocycles. The van der Waals surface area contributed by atoms with E-state index < -0.39 is 23.7 Å². The fourth-order valence-corrected chi connectivity index (χ4v) is 2.93. The van der Waals surface area contributed by atoms with Crippen molar-refractivity contribution in [3.63, 3.8) is 0 Å². The average Bonchev–Trinajstić information content (AvgIpc) is 2.55. The summed E-state index contributed by atoms with van der Waals surface area (Å²) in [5.41, 5.74) is 11.9. The summed E-state index contributed by atoms with van der Waals surface area (Å²) >= 11 is 12.1. The fourth-order valence-electron chi connectivity index (χ4n) is 2.38. The monoisotopic (exact) mass is 376 g/mol. The highest BCUT2D eigenvalue weighted by Gasteiger charge is 2.29. The van der Waals surface area contributed by atoms with Gasteiger partial charge in [0, 0.05) is 21.2 Å². The molecule has 0 aliphatic rings. The van der Waals surface area contributed by atoms with E-state index in [9.17, 15) is 8.78 Å². The van der Waals surface area contributed by atoms with Gasteiger partial charge in [-0.2, -0.15) is 0 Å². The maximum absolute atomic E-state index is 14.5. The van der Waals surface area contributed by atoms with E-state index in [1.54, 1.807) is 0 Å². The van der Waals surface area contributed by atoms with Gasteiger partial charge < -0.3 is 20.9 Å². The van der Waals surface area contributed by atoms with Gasteiger partial charge in [0.25, 0.3) is 0 Å². The molecule has 0 aliphatic carbocycles. The van der Waals surface area contributed by atoms with Crippen molar-refractivity contribution in [1.29, 1.82) is 0 Å².